The van der Waals surface area contributed by atoms with Crippen LogP contribution in [0.1, 0.15) is 24.7 Å². The Morgan fingerprint density at radius 2 is 2.24 bits per heavy atom. The van der Waals surface area contributed by atoms with E-state index in [4.69, 9.17) is 31.3 Å². The Morgan fingerprint density at radius 3 is 2.86 bits per heavy atom. The minimum absolute atomic E-state index is 0.0424. The topological polar surface area (TPSA) is 70.5 Å². The number of hydrogen-bond donors (Lipinski definition) is 1. The van der Waals surface area contributed by atoms with Gasteiger partial charge in [0.05, 0.1) is 13.3 Å². The summed E-state index contributed by atoms with van der Waals surface area (Å²) in [4.78, 5) is 0. The Bertz CT molecular complexity index is 573. The molecule has 0 aliphatic heterocycles. The molecular formula is C15H19ClN2O3. The van der Waals surface area contributed by atoms with Crippen LogP contribution >= 0.6 is 11.6 Å². The van der Waals surface area contributed by atoms with E-state index >= 15 is 0 Å². The van der Waals surface area contributed by atoms with Crippen molar-refractivity contribution in [1.29, 1.82) is 0 Å². The van der Waals surface area contributed by atoms with E-state index in [0.717, 1.165) is 12.0 Å². The van der Waals surface area contributed by atoms with Crippen LogP contribution in [-0.2, 0) is 13.0 Å². The van der Waals surface area contributed by atoms with Crippen LogP contribution < -0.4 is 15.2 Å². The third kappa shape index (κ3) is 4.12. The lowest BCUT2D eigenvalue weighted by molar-refractivity contribution is 0.237. The molecule has 0 aliphatic carbocycles. The zero-order valence-electron chi connectivity index (χ0n) is 12.1. The van der Waals surface area contributed by atoms with Crippen LogP contribution in [0.5, 0.6) is 11.5 Å². The molecule has 0 saturated carbocycles. The number of benzene rings is 1. The van der Waals surface area contributed by atoms with E-state index in [0.29, 0.717) is 28.7 Å². The van der Waals surface area contributed by atoms with E-state index < -0.39 is 0 Å². The Balaban J connectivity index is 2.26. The van der Waals surface area contributed by atoms with Gasteiger partial charge in [-0.1, -0.05) is 23.7 Å². The molecule has 2 aromatic rings. The average molecular weight is 311 g/mol. The van der Waals surface area contributed by atoms with Gasteiger partial charge in [-0.2, -0.15) is 0 Å². The van der Waals surface area contributed by atoms with Gasteiger partial charge in [0.25, 0.3) is 0 Å². The highest BCUT2D eigenvalue weighted by molar-refractivity contribution is 6.30. The summed E-state index contributed by atoms with van der Waals surface area (Å²) in [7, 11) is 1.58. The van der Waals surface area contributed by atoms with Crippen molar-refractivity contribution in [3.8, 4) is 11.5 Å². The Kier molecular flexibility index (Phi) is 5.47. The van der Waals surface area contributed by atoms with Gasteiger partial charge < -0.3 is 19.7 Å². The Hall–Kier alpha value is -1.72. The first-order chi connectivity index (χ1) is 10.1. The van der Waals surface area contributed by atoms with Crippen LogP contribution in [0.3, 0.4) is 0 Å². The lowest BCUT2D eigenvalue weighted by Gasteiger charge is -2.17. The number of nitrogens with zero attached hydrogens (tertiary/aromatic N) is 1. The van der Waals surface area contributed by atoms with Gasteiger partial charge in [0, 0.05) is 28.8 Å². The molecule has 2 rings (SSSR count). The van der Waals surface area contributed by atoms with Gasteiger partial charge in [0.2, 0.25) is 0 Å². The Labute approximate surface area is 129 Å². The second kappa shape index (κ2) is 7.33. The molecule has 0 bridgehead atoms. The third-order valence-corrected chi connectivity index (χ3v) is 3.39. The van der Waals surface area contributed by atoms with E-state index in [1.165, 1.54) is 0 Å². The highest BCUT2D eigenvalue weighted by atomic mass is 35.5. The van der Waals surface area contributed by atoms with E-state index in [-0.39, 0.29) is 12.6 Å². The van der Waals surface area contributed by atoms with Crippen LogP contribution in [0.25, 0.3) is 0 Å². The van der Waals surface area contributed by atoms with E-state index in [9.17, 15) is 0 Å². The molecule has 0 radical (unpaired) electrons. The average Bonchev–Trinajstić information content (AvgIpc) is 2.98. The number of rotatable bonds is 7. The quantitative estimate of drug-likeness (QED) is 0.850. The van der Waals surface area contributed by atoms with Gasteiger partial charge in [-0.05, 0) is 18.9 Å². The van der Waals surface area contributed by atoms with Crippen molar-refractivity contribution in [2.24, 2.45) is 5.73 Å². The zero-order chi connectivity index (χ0) is 15.2. The largest absolute Gasteiger partial charge is 0.493 e. The fourth-order valence-electron chi connectivity index (χ4n) is 1.98. The van der Waals surface area contributed by atoms with Crippen molar-refractivity contribution >= 4 is 11.6 Å². The van der Waals surface area contributed by atoms with Gasteiger partial charge in [0.15, 0.2) is 17.3 Å². The molecule has 1 atom stereocenters. The van der Waals surface area contributed by atoms with Crippen LogP contribution in [0, 0.1) is 0 Å². The number of aromatic nitrogens is 1. The van der Waals surface area contributed by atoms with Gasteiger partial charge in [-0.3, -0.25) is 0 Å². The number of methoxy groups -OCH3 is 1. The maximum Gasteiger partial charge on any atom is 0.174 e. The van der Waals surface area contributed by atoms with E-state index in [2.05, 4.69) is 5.16 Å². The normalized spacial score (nSPS) is 12.2. The number of hydrogen-bond acceptors (Lipinski definition) is 5. The van der Waals surface area contributed by atoms with Gasteiger partial charge in [0.1, 0.15) is 6.61 Å². The summed E-state index contributed by atoms with van der Waals surface area (Å²) >= 11 is 6.12. The first-order valence-corrected chi connectivity index (χ1v) is 7.16. The molecule has 1 heterocycles. The summed E-state index contributed by atoms with van der Waals surface area (Å²) in [5.74, 6) is 1.86. The summed E-state index contributed by atoms with van der Waals surface area (Å²) in [5, 5.41) is 4.24. The fourth-order valence-corrected chi connectivity index (χ4v) is 2.21. The SMILES string of the molecule is CCC(N)Cc1cc(Cl)cc(OC)c1OCc1ccno1. The van der Waals surface area contributed by atoms with Crippen molar-refractivity contribution in [2.75, 3.05) is 7.11 Å². The lowest BCUT2D eigenvalue weighted by Crippen LogP contribution is -2.21. The molecule has 0 amide bonds. The summed E-state index contributed by atoms with van der Waals surface area (Å²) in [6.07, 6.45) is 3.11. The number of halogens is 1. The molecule has 0 aliphatic rings. The monoisotopic (exact) mass is 310 g/mol. The van der Waals surface area contributed by atoms with E-state index in [1.807, 2.05) is 13.0 Å². The molecule has 0 saturated heterocycles. The molecule has 0 spiro atoms. The predicted octanol–water partition coefficient (Wildman–Crippen LogP) is 3.20. The lowest BCUT2D eigenvalue weighted by atomic mass is 10.0. The van der Waals surface area contributed by atoms with Crippen molar-refractivity contribution in [3.63, 3.8) is 0 Å². The summed E-state index contributed by atoms with van der Waals surface area (Å²) in [6.45, 7) is 2.31. The molecule has 114 valence electrons. The standard InChI is InChI=1S/C15H19ClN2O3/c1-3-12(17)7-10-6-11(16)8-14(19-2)15(10)20-9-13-4-5-18-21-13/h4-6,8,12H,3,7,9,17H2,1-2H3. The summed E-state index contributed by atoms with van der Waals surface area (Å²) in [5.41, 5.74) is 6.96. The molecule has 2 N–H and O–H groups in total. The van der Waals surface area contributed by atoms with Crippen molar-refractivity contribution < 1.29 is 14.0 Å². The predicted molar refractivity (Wildman–Crippen MR) is 80.8 cm³/mol. The molecule has 1 aromatic carbocycles. The van der Waals surface area contributed by atoms with Crippen LogP contribution in [0.4, 0.5) is 0 Å². The third-order valence-electron chi connectivity index (χ3n) is 3.17. The highest BCUT2D eigenvalue weighted by Gasteiger charge is 2.16. The molecule has 1 aromatic heterocycles. The number of nitrogens with two attached hydrogens (primary N) is 1. The minimum atomic E-state index is 0.0424. The molecule has 5 nitrogen and oxygen atoms in total. The van der Waals surface area contributed by atoms with Crippen LogP contribution in [0.2, 0.25) is 5.02 Å². The second-order valence-electron chi connectivity index (χ2n) is 4.74. The maximum atomic E-state index is 6.12. The first-order valence-electron chi connectivity index (χ1n) is 6.78. The second-order valence-corrected chi connectivity index (χ2v) is 5.17. The Morgan fingerprint density at radius 1 is 1.43 bits per heavy atom. The van der Waals surface area contributed by atoms with Crippen molar-refractivity contribution in [1.82, 2.24) is 5.16 Å². The summed E-state index contributed by atoms with van der Waals surface area (Å²) < 4.78 is 16.2. The van der Waals surface area contributed by atoms with Gasteiger partial charge >= 0.3 is 0 Å². The summed E-state index contributed by atoms with van der Waals surface area (Å²) in [6, 6.07) is 5.37. The van der Waals surface area contributed by atoms with Gasteiger partial charge in [-0.15, -0.1) is 0 Å². The maximum absolute atomic E-state index is 6.12. The molecular weight excluding hydrogens is 292 g/mol. The molecule has 6 heteroatoms. The smallest absolute Gasteiger partial charge is 0.174 e. The van der Waals surface area contributed by atoms with Crippen molar-refractivity contribution in [3.05, 3.63) is 40.7 Å². The zero-order valence-corrected chi connectivity index (χ0v) is 12.9. The minimum Gasteiger partial charge on any atom is -0.493 e. The highest BCUT2D eigenvalue weighted by Crippen LogP contribution is 2.36. The molecule has 0 fully saturated rings. The first kappa shape index (κ1) is 15.7. The van der Waals surface area contributed by atoms with Crippen LogP contribution in [-0.4, -0.2) is 18.3 Å². The van der Waals surface area contributed by atoms with Crippen LogP contribution in [0.15, 0.2) is 28.9 Å². The van der Waals surface area contributed by atoms with Crippen molar-refractivity contribution in [2.45, 2.75) is 32.4 Å². The molecule has 21 heavy (non-hydrogen) atoms. The fraction of sp³-hybridized carbons (Fsp3) is 0.400. The molecule has 1 unspecified atom stereocenters. The van der Waals surface area contributed by atoms with E-state index in [1.54, 1.807) is 25.4 Å². The number of ether oxygens (including phenoxy) is 2. The van der Waals surface area contributed by atoms with Gasteiger partial charge in [-0.25, -0.2) is 0 Å².